The average Bonchev–Trinajstić information content (AvgIpc) is 2.87. The normalized spacial score (nSPS) is 12.4. The van der Waals surface area contributed by atoms with Gasteiger partial charge in [-0.05, 0) is 31.0 Å². The van der Waals surface area contributed by atoms with Gasteiger partial charge < -0.3 is 15.5 Å². The summed E-state index contributed by atoms with van der Waals surface area (Å²) in [5.41, 5.74) is 8.14. The molecule has 0 aliphatic carbocycles. The summed E-state index contributed by atoms with van der Waals surface area (Å²) in [5, 5.41) is 0. The van der Waals surface area contributed by atoms with E-state index in [1.54, 1.807) is 6.20 Å². The van der Waals surface area contributed by atoms with Crippen molar-refractivity contribution in [2.75, 3.05) is 13.2 Å². The Bertz CT molecular complexity index is 494. The highest BCUT2D eigenvalue weighted by atomic mass is 16.5. The van der Waals surface area contributed by atoms with E-state index in [4.69, 9.17) is 10.5 Å². The van der Waals surface area contributed by atoms with E-state index in [9.17, 15) is 0 Å². The second kappa shape index (κ2) is 5.69. The van der Waals surface area contributed by atoms with Gasteiger partial charge in [-0.1, -0.05) is 12.1 Å². The molecule has 2 aromatic rings. The molecule has 0 aliphatic rings. The van der Waals surface area contributed by atoms with Crippen LogP contribution in [0.5, 0.6) is 5.75 Å². The number of aromatic nitrogens is 2. The maximum absolute atomic E-state index is 5.85. The van der Waals surface area contributed by atoms with Gasteiger partial charge in [-0.2, -0.15) is 0 Å². The van der Waals surface area contributed by atoms with Gasteiger partial charge >= 0.3 is 0 Å². The summed E-state index contributed by atoms with van der Waals surface area (Å²) >= 11 is 0. The number of imidazole rings is 1. The van der Waals surface area contributed by atoms with E-state index in [2.05, 4.69) is 22.1 Å². The highest BCUT2D eigenvalue weighted by Gasteiger charge is 2.15. The molecule has 18 heavy (non-hydrogen) atoms. The van der Waals surface area contributed by atoms with Crippen molar-refractivity contribution in [1.82, 2.24) is 9.97 Å². The third-order valence-corrected chi connectivity index (χ3v) is 2.99. The van der Waals surface area contributed by atoms with E-state index in [0.29, 0.717) is 13.2 Å². The molecule has 0 amide bonds. The number of benzene rings is 1. The first-order chi connectivity index (χ1) is 8.76. The zero-order valence-corrected chi connectivity index (χ0v) is 10.8. The van der Waals surface area contributed by atoms with Crippen molar-refractivity contribution in [1.29, 1.82) is 0 Å². The van der Waals surface area contributed by atoms with Gasteiger partial charge in [0.15, 0.2) is 0 Å². The second-order valence-corrected chi connectivity index (χ2v) is 4.22. The number of rotatable bonds is 5. The van der Waals surface area contributed by atoms with Gasteiger partial charge in [-0.15, -0.1) is 0 Å². The average molecular weight is 245 g/mol. The minimum absolute atomic E-state index is 0.106. The van der Waals surface area contributed by atoms with Gasteiger partial charge in [0.2, 0.25) is 0 Å². The molecule has 0 saturated carbocycles. The monoisotopic (exact) mass is 245 g/mol. The molecule has 0 radical (unpaired) electrons. The summed E-state index contributed by atoms with van der Waals surface area (Å²) in [6, 6.07) is 6.17. The molecule has 1 atom stereocenters. The number of H-pyrrole nitrogens is 1. The Morgan fingerprint density at radius 2 is 2.28 bits per heavy atom. The maximum atomic E-state index is 5.85. The highest BCUT2D eigenvalue weighted by Crippen LogP contribution is 2.26. The van der Waals surface area contributed by atoms with Crippen molar-refractivity contribution in [3.63, 3.8) is 0 Å². The molecule has 4 nitrogen and oxygen atoms in total. The zero-order valence-electron chi connectivity index (χ0n) is 10.8. The lowest BCUT2D eigenvalue weighted by atomic mass is 9.96. The molecular formula is C14H19N3O. The Kier molecular flexibility index (Phi) is 3.99. The van der Waals surface area contributed by atoms with Crippen LogP contribution < -0.4 is 10.5 Å². The number of ether oxygens (including phenoxy) is 1. The molecular weight excluding hydrogens is 226 g/mol. The van der Waals surface area contributed by atoms with E-state index in [1.807, 2.05) is 26.1 Å². The number of aryl methyl sites for hydroxylation is 1. The summed E-state index contributed by atoms with van der Waals surface area (Å²) in [5.74, 6) is 1.94. The second-order valence-electron chi connectivity index (χ2n) is 4.22. The van der Waals surface area contributed by atoms with Crippen LogP contribution in [0.25, 0.3) is 0 Å². The molecule has 0 bridgehead atoms. The fourth-order valence-electron chi connectivity index (χ4n) is 2.08. The van der Waals surface area contributed by atoms with Crippen molar-refractivity contribution in [2.24, 2.45) is 5.73 Å². The van der Waals surface area contributed by atoms with Crippen molar-refractivity contribution < 1.29 is 4.74 Å². The molecule has 96 valence electrons. The van der Waals surface area contributed by atoms with Crippen LogP contribution >= 0.6 is 0 Å². The lowest BCUT2D eigenvalue weighted by Crippen LogP contribution is -2.15. The molecule has 4 heteroatoms. The van der Waals surface area contributed by atoms with Crippen molar-refractivity contribution in [2.45, 2.75) is 19.8 Å². The van der Waals surface area contributed by atoms with Gasteiger partial charge in [-0.3, -0.25) is 0 Å². The minimum Gasteiger partial charge on any atom is -0.494 e. The van der Waals surface area contributed by atoms with Gasteiger partial charge in [0.25, 0.3) is 0 Å². The standard InChI is InChI=1S/C14H19N3O/c1-3-18-13-5-4-11(8-10(13)2)12(9-15)14-16-6-7-17-14/h4-8,12H,3,9,15H2,1-2H3,(H,16,17). The molecule has 1 aromatic heterocycles. The van der Waals surface area contributed by atoms with E-state index < -0.39 is 0 Å². The van der Waals surface area contributed by atoms with Gasteiger partial charge in [0.1, 0.15) is 11.6 Å². The number of nitrogens with two attached hydrogens (primary N) is 1. The molecule has 0 aliphatic heterocycles. The van der Waals surface area contributed by atoms with Crippen LogP contribution in [0.2, 0.25) is 0 Å². The quantitative estimate of drug-likeness (QED) is 0.848. The Labute approximate surface area is 107 Å². The van der Waals surface area contributed by atoms with Crippen LogP contribution in [0.15, 0.2) is 30.6 Å². The summed E-state index contributed by atoms with van der Waals surface area (Å²) in [6.45, 7) is 5.24. The third-order valence-electron chi connectivity index (χ3n) is 2.99. The highest BCUT2D eigenvalue weighted by molar-refractivity contribution is 5.39. The number of hydrogen-bond acceptors (Lipinski definition) is 3. The van der Waals surface area contributed by atoms with Gasteiger partial charge in [0.05, 0.1) is 12.5 Å². The van der Waals surface area contributed by atoms with Crippen LogP contribution in [0.4, 0.5) is 0 Å². The van der Waals surface area contributed by atoms with Crippen molar-refractivity contribution in [3.05, 3.63) is 47.5 Å². The lowest BCUT2D eigenvalue weighted by molar-refractivity contribution is 0.337. The topological polar surface area (TPSA) is 63.9 Å². The lowest BCUT2D eigenvalue weighted by Gasteiger charge is -2.15. The Hall–Kier alpha value is -1.81. The largest absolute Gasteiger partial charge is 0.494 e. The first-order valence-corrected chi connectivity index (χ1v) is 6.19. The molecule has 0 spiro atoms. The predicted octanol–water partition coefficient (Wildman–Crippen LogP) is 2.21. The fourth-order valence-corrected chi connectivity index (χ4v) is 2.08. The molecule has 1 aromatic carbocycles. The van der Waals surface area contributed by atoms with Crippen LogP contribution in [-0.4, -0.2) is 23.1 Å². The third kappa shape index (κ3) is 2.54. The van der Waals surface area contributed by atoms with Gasteiger partial charge in [-0.25, -0.2) is 4.98 Å². The first kappa shape index (κ1) is 12.6. The number of hydrogen-bond donors (Lipinski definition) is 2. The minimum atomic E-state index is 0.106. The summed E-state index contributed by atoms with van der Waals surface area (Å²) in [7, 11) is 0. The van der Waals surface area contributed by atoms with Crippen molar-refractivity contribution >= 4 is 0 Å². The van der Waals surface area contributed by atoms with Gasteiger partial charge in [0, 0.05) is 18.9 Å². The number of nitrogens with one attached hydrogen (secondary N) is 1. The van der Waals surface area contributed by atoms with Crippen LogP contribution in [0.1, 0.15) is 29.8 Å². The Balaban J connectivity index is 2.30. The summed E-state index contributed by atoms with van der Waals surface area (Å²) < 4.78 is 5.54. The van der Waals surface area contributed by atoms with Crippen LogP contribution in [-0.2, 0) is 0 Å². The molecule has 1 heterocycles. The first-order valence-electron chi connectivity index (χ1n) is 6.19. The Morgan fingerprint density at radius 1 is 1.44 bits per heavy atom. The summed E-state index contributed by atoms with van der Waals surface area (Å²) in [6.07, 6.45) is 3.57. The predicted molar refractivity (Wildman–Crippen MR) is 71.8 cm³/mol. The number of aromatic amines is 1. The zero-order chi connectivity index (χ0) is 13.0. The smallest absolute Gasteiger partial charge is 0.122 e. The van der Waals surface area contributed by atoms with E-state index in [-0.39, 0.29) is 5.92 Å². The maximum Gasteiger partial charge on any atom is 0.122 e. The molecule has 0 fully saturated rings. The van der Waals surface area contributed by atoms with Crippen molar-refractivity contribution in [3.8, 4) is 5.75 Å². The SMILES string of the molecule is CCOc1ccc(C(CN)c2ncc[nH]2)cc1C. The van der Waals surface area contributed by atoms with E-state index >= 15 is 0 Å². The van der Waals surface area contributed by atoms with Crippen LogP contribution in [0.3, 0.4) is 0 Å². The van der Waals surface area contributed by atoms with Crippen LogP contribution in [0, 0.1) is 6.92 Å². The Morgan fingerprint density at radius 3 is 2.83 bits per heavy atom. The fraction of sp³-hybridized carbons (Fsp3) is 0.357. The molecule has 2 rings (SSSR count). The van der Waals surface area contributed by atoms with E-state index in [1.165, 1.54) is 0 Å². The molecule has 3 N–H and O–H groups in total. The molecule has 0 saturated heterocycles. The summed E-state index contributed by atoms with van der Waals surface area (Å²) in [4.78, 5) is 7.41. The van der Waals surface area contributed by atoms with E-state index in [0.717, 1.165) is 22.7 Å². The number of nitrogens with zero attached hydrogens (tertiary/aromatic N) is 1. The molecule has 1 unspecified atom stereocenters.